The van der Waals surface area contributed by atoms with Crippen molar-refractivity contribution in [1.82, 2.24) is 5.32 Å². The predicted molar refractivity (Wildman–Crippen MR) is 71.6 cm³/mol. The molecule has 0 saturated heterocycles. The molecule has 1 aromatic carbocycles. The van der Waals surface area contributed by atoms with Crippen LogP contribution in [0.5, 0.6) is 5.75 Å². The number of esters is 1. The standard InChI is InChI=1S/C12H13Cl2NO4/c1-2-18-12(17)6-15-11(16)7-19-10-5-8(13)3-4-9(10)14/h3-5H,2,6-7H2,1H3,(H,15,16). The minimum Gasteiger partial charge on any atom is -0.482 e. The van der Waals surface area contributed by atoms with E-state index in [0.29, 0.717) is 15.8 Å². The zero-order valence-electron chi connectivity index (χ0n) is 10.2. The van der Waals surface area contributed by atoms with E-state index in [4.69, 9.17) is 27.9 Å². The van der Waals surface area contributed by atoms with Gasteiger partial charge in [0.2, 0.25) is 0 Å². The average Bonchev–Trinajstić information content (AvgIpc) is 2.38. The third-order valence-corrected chi connectivity index (χ3v) is 2.53. The van der Waals surface area contributed by atoms with Gasteiger partial charge in [-0.15, -0.1) is 0 Å². The number of hydrogen-bond acceptors (Lipinski definition) is 4. The zero-order valence-corrected chi connectivity index (χ0v) is 11.8. The van der Waals surface area contributed by atoms with Gasteiger partial charge in [-0.3, -0.25) is 9.59 Å². The van der Waals surface area contributed by atoms with E-state index >= 15 is 0 Å². The summed E-state index contributed by atoms with van der Waals surface area (Å²) in [4.78, 5) is 22.4. The normalized spacial score (nSPS) is 9.84. The molecule has 0 aromatic heterocycles. The minimum atomic E-state index is -0.503. The maximum absolute atomic E-state index is 11.4. The third kappa shape index (κ3) is 5.81. The Morgan fingerprint density at radius 2 is 2.05 bits per heavy atom. The molecule has 0 bridgehead atoms. The summed E-state index contributed by atoms with van der Waals surface area (Å²) in [5, 5.41) is 3.16. The van der Waals surface area contributed by atoms with Gasteiger partial charge in [-0.25, -0.2) is 0 Å². The Bertz CT molecular complexity index is 465. The van der Waals surface area contributed by atoms with Crippen molar-refractivity contribution < 1.29 is 19.1 Å². The van der Waals surface area contributed by atoms with E-state index < -0.39 is 11.9 Å². The first-order valence-electron chi connectivity index (χ1n) is 5.53. The lowest BCUT2D eigenvalue weighted by Gasteiger charge is -2.08. The lowest BCUT2D eigenvalue weighted by atomic mass is 10.3. The fraction of sp³-hybridized carbons (Fsp3) is 0.333. The molecule has 1 rings (SSSR count). The maximum Gasteiger partial charge on any atom is 0.325 e. The lowest BCUT2D eigenvalue weighted by molar-refractivity contribution is -0.143. The molecule has 0 aliphatic rings. The molecule has 7 heteroatoms. The van der Waals surface area contributed by atoms with Crippen molar-refractivity contribution in [2.75, 3.05) is 19.8 Å². The van der Waals surface area contributed by atoms with Gasteiger partial charge in [-0.1, -0.05) is 23.2 Å². The quantitative estimate of drug-likeness (QED) is 0.817. The Hall–Kier alpha value is -1.46. The lowest BCUT2D eigenvalue weighted by Crippen LogP contribution is -2.34. The molecule has 0 atom stereocenters. The summed E-state index contributed by atoms with van der Waals surface area (Å²) in [7, 11) is 0. The minimum absolute atomic E-state index is 0.195. The summed E-state index contributed by atoms with van der Waals surface area (Å²) in [6.45, 7) is 1.49. The van der Waals surface area contributed by atoms with Crippen molar-refractivity contribution >= 4 is 35.1 Å². The monoisotopic (exact) mass is 305 g/mol. The molecule has 0 unspecified atom stereocenters. The van der Waals surface area contributed by atoms with Gasteiger partial charge in [0, 0.05) is 11.1 Å². The largest absolute Gasteiger partial charge is 0.482 e. The van der Waals surface area contributed by atoms with Crippen molar-refractivity contribution in [2.24, 2.45) is 0 Å². The summed E-state index contributed by atoms with van der Waals surface area (Å²) < 4.78 is 9.85. The number of ether oxygens (including phenoxy) is 2. The summed E-state index contributed by atoms with van der Waals surface area (Å²) in [6, 6.07) is 4.68. The first-order chi connectivity index (χ1) is 9.02. The molecule has 0 aliphatic heterocycles. The van der Waals surface area contributed by atoms with E-state index in [1.807, 2.05) is 0 Å². The first kappa shape index (κ1) is 15.6. The van der Waals surface area contributed by atoms with Crippen LogP contribution in [0.3, 0.4) is 0 Å². The number of rotatable bonds is 6. The van der Waals surface area contributed by atoms with Gasteiger partial charge < -0.3 is 14.8 Å². The first-order valence-corrected chi connectivity index (χ1v) is 6.28. The van der Waals surface area contributed by atoms with Gasteiger partial charge in [0.15, 0.2) is 6.61 Å². The molecule has 5 nitrogen and oxygen atoms in total. The molecule has 0 radical (unpaired) electrons. The molecular formula is C12H13Cl2NO4. The van der Waals surface area contributed by atoms with E-state index in [1.54, 1.807) is 19.1 Å². The molecule has 0 saturated carbocycles. The Balaban J connectivity index is 2.38. The Labute approximate surface area is 120 Å². The van der Waals surface area contributed by atoms with Crippen LogP contribution in [0.25, 0.3) is 0 Å². The second kappa shape index (κ2) is 7.86. The van der Waals surface area contributed by atoms with Crippen molar-refractivity contribution in [3.8, 4) is 5.75 Å². The molecule has 0 aliphatic carbocycles. The number of carbonyl (C=O) groups is 2. The second-order valence-corrected chi connectivity index (χ2v) is 4.29. The molecule has 1 N–H and O–H groups in total. The number of carbonyl (C=O) groups excluding carboxylic acids is 2. The van der Waals surface area contributed by atoms with Crippen LogP contribution in [-0.2, 0) is 14.3 Å². The zero-order chi connectivity index (χ0) is 14.3. The maximum atomic E-state index is 11.4. The van der Waals surface area contributed by atoms with Gasteiger partial charge in [0.05, 0.1) is 11.6 Å². The van der Waals surface area contributed by atoms with Gasteiger partial charge in [0.1, 0.15) is 12.3 Å². The van der Waals surface area contributed by atoms with E-state index in [1.165, 1.54) is 6.07 Å². The van der Waals surface area contributed by atoms with E-state index in [0.717, 1.165) is 0 Å². The Morgan fingerprint density at radius 1 is 1.32 bits per heavy atom. The number of halogens is 2. The number of hydrogen-bond donors (Lipinski definition) is 1. The second-order valence-electron chi connectivity index (χ2n) is 3.45. The van der Waals surface area contributed by atoms with Gasteiger partial charge in [-0.05, 0) is 19.1 Å². The number of benzene rings is 1. The van der Waals surface area contributed by atoms with Crippen LogP contribution < -0.4 is 10.1 Å². The highest BCUT2D eigenvalue weighted by Gasteiger charge is 2.08. The topological polar surface area (TPSA) is 64.6 Å². The summed E-state index contributed by atoms with van der Waals surface area (Å²) in [6.07, 6.45) is 0. The third-order valence-electron chi connectivity index (χ3n) is 1.99. The van der Waals surface area contributed by atoms with Crippen LogP contribution in [0.4, 0.5) is 0 Å². The molecule has 1 amide bonds. The van der Waals surface area contributed by atoms with Gasteiger partial charge in [-0.2, -0.15) is 0 Å². The summed E-state index contributed by atoms with van der Waals surface area (Å²) in [5.74, 6) is -0.652. The van der Waals surface area contributed by atoms with Gasteiger partial charge >= 0.3 is 5.97 Å². The fourth-order valence-corrected chi connectivity index (χ4v) is 1.50. The Kier molecular flexibility index (Phi) is 6.45. The van der Waals surface area contributed by atoms with E-state index in [2.05, 4.69) is 10.1 Å². The SMILES string of the molecule is CCOC(=O)CNC(=O)COc1cc(Cl)ccc1Cl. The molecule has 1 aromatic rings. The van der Waals surface area contributed by atoms with Crippen LogP contribution in [-0.4, -0.2) is 31.6 Å². The molecule has 0 fully saturated rings. The van der Waals surface area contributed by atoms with Crippen molar-refractivity contribution in [2.45, 2.75) is 6.92 Å². The molecular weight excluding hydrogens is 293 g/mol. The fourth-order valence-electron chi connectivity index (χ4n) is 1.16. The van der Waals surface area contributed by atoms with Crippen LogP contribution in [0, 0.1) is 0 Å². The highest BCUT2D eigenvalue weighted by Crippen LogP contribution is 2.27. The van der Waals surface area contributed by atoms with Crippen molar-refractivity contribution in [3.05, 3.63) is 28.2 Å². The van der Waals surface area contributed by atoms with Crippen LogP contribution >= 0.6 is 23.2 Å². The highest BCUT2D eigenvalue weighted by atomic mass is 35.5. The predicted octanol–water partition coefficient (Wildman–Crippen LogP) is 2.05. The van der Waals surface area contributed by atoms with Crippen molar-refractivity contribution in [1.29, 1.82) is 0 Å². The molecule has 104 valence electrons. The molecule has 0 spiro atoms. The molecule has 0 heterocycles. The van der Waals surface area contributed by atoms with Crippen LogP contribution in [0.2, 0.25) is 10.0 Å². The number of amides is 1. The van der Waals surface area contributed by atoms with Crippen LogP contribution in [0.15, 0.2) is 18.2 Å². The smallest absolute Gasteiger partial charge is 0.325 e. The van der Waals surface area contributed by atoms with Gasteiger partial charge in [0.25, 0.3) is 5.91 Å². The van der Waals surface area contributed by atoms with Crippen molar-refractivity contribution in [3.63, 3.8) is 0 Å². The average molecular weight is 306 g/mol. The summed E-state index contributed by atoms with van der Waals surface area (Å²) >= 11 is 11.6. The highest BCUT2D eigenvalue weighted by molar-refractivity contribution is 6.34. The van der Waals surface area contributed by atoms with Crippen LogP contribution in [0.1, 0.15) is 6.92 Å². The Morgan fingerprint density at radius 3 is 2.74 bits per heavy atom. The van der Waals surface area contributed by atoms with E-state index in [9.17, 15) is 9.59 Å². The number of nitrogens with one attached hydrogen (secondary N) is 1. The van der Waals surface area contributed by atoms with E-state index in [-0.39, 0.29) is 19.8 Å². The molecule has 19 heavy (non-hydrogen) atoms. The summed E-state index contributed by atoms with van der Waals surface area (Å²) in [5.41, 5.74) is 0.